The topological polar surface area (TPSA) is 62.0 Å². The molecule has 0 radical (unpaired) electrons. The summed E-state index contributed by atoms with van der Waals surface area (Å²) in [7, 11) is 0. The van der Waals surface area contributed by atoms with Crippen molar-refractivity contribution in [2.24, 2.45) is 0 Å². The normalized spacial score (nSPS) is 27.7. The Hall–Kier alpha value is -1.72. The van der Waals surface area contributed by atoms with Crippen LogP contribution in [0.25, 0.3) is 11.4 Å². The van der Waals surface area contributed by atoms with Gasteiger partial charge in [0, 0.05) is 5.02 Å². The summed E-state index contributed by atoms with van der Waals surface area (Å²) in [6.07, 6.45) is 1.79. The Morgan fingerprint density at radius 1 is 1.22 bits per heavy atom. The summed E-state index contributed by atoms with van der Waals surface area (Å²) in [5.74, 6) is 0.339. The zero-order valence-electron chi connectivity index (χ0n) is 13.3. The van der Waals surface area contributed by atoms with Crippen molar-refractivity contribution in [3.05, 3.63) is 45.9 Å². The molecule has 5 nitrogen and oxygen atoms in total. The molecule has 3 aliphatic rings. The molecule has 2 aliphatic heterocycles. The quantitative estimate of drug-likeness (QED) is 0.594. The lowest BCUT2D eigenvalue weighted by atomic mass is 9.69. The third-order valence-corrected chi connectivity index (χ3v) is 5.32. The van der Waals surface area contributed by atoms with Gasteiger partial charge in [-0.1, -0.05) is 11.6 Å². The fourth-order valence-electron chi connectivity index (χ4n) is 3.96. The van der Waals surface area contributed by atoms with Gasteiger partial charge in [0.15, 0.2) is 5.69 Å². The van der Waals surface area contributed by atoms with E-state index in [9.17, 15) is 5.21 Å². The predicted octanol–water partition coefficient (Wildman–Crippen LogP) is 3.33. The molecule has 120 valence electrons. The van der Waals surface area contributed by atoms with Crippen molar-refractivity contribution in [2.45, 2.75) is 50.7 Å². The zero-order chi connectivity index (χ0) is 16.4. The summed E-state index contributed by atoms with van der Waals surface area (Å²) in [5, 5.41) is 22.2. The SMILES string of the molecule is CC12CCC(c3c1nnc(-c1ccc(Cl)cc1)[n+]3[O-])C(C)(C)O2. The highest BCUT2D eigenvalue weighted by atomic mass is 35.5. The minimum atomic E-state index is -0.536. The molecule has 0 N–H and O–H groups in total. The van der Waals surface area contributed by atoms with Gasteiger partial charge in [-0.2, -0.15) is 0 Å². The second-order valence-corrected chi connectivity index (χ2v) is 7.52. The Balaban J connectivity index is 1.93. The maximum atomic E-state index is 13.0. The van der Waals surface area contributed by atoms with Gasteiger partial charge in [-0.15, -0.1) is 0 Å². The van der Waals surface area contributed by atoms with E-state index < -0.39 is 5.60 Å². The lowest BCUT2D eigenvalue weighted by Gasteiger charge is -2.52. The maximum absolute atomic E-state index is 13.0. The van der Waals surface area contributed by atoms with Gasteiger partial charge in [-0.05, 0) is 63.0 Å². The third kappa shape index (κ3) is 2.07. The van der Waals surface area contributed by atoms with Crippen molar-refractivity contribution >= 4 is 11.6 Å². The second kappa shape index (κ2) is 4.65. The van der Waals surface area contributed by atoms with Gasteiger partial charge < -0.3 is 9.94 Å². The number of halogens is 1. The van der Waals surface area contributed by atoms with E-state index in [-0.39, 0.29) is 11.5 Å². The van der Waals surface area contributed by atoms with Gasteiger partial charge in [0.05, 0.1) is 22.2 Å². The van der Waals surface area contributed by atoms with Crippen LogP contribution in [0.3, 0.4) is 0 Å². The van der Waals surface area contributed by atoms with E-state index in [1.807, 2.05) is 20.8 Å². The van der Waals surface area contributed by atoms with Crippen LogP contribution in [-0.2, 0) is 10.3 Å². The molecule has 0 saturated carbocycles. The Kier molecular flexibility index (Phi) is 3.00. The van der Waals surface area contributed by atoms with Gasteiger partial charge in [-0.25, -0.2) is 4.73 Å². The number of hydrogen-bond donors (Lipinski definition) is 0. The van der Waals surface area contributed by atoms with Crippen molar-refractivity contribution in [1.82, 2.24) is 10.2 Å². The molecule has 2 bridgehead atoms. The van der Waals surface area contributed by atoms with Gasteiger partial charge in [0.1, 0.15) is 11.3 Å². The molecule has 1 aliphatic carbocycles. The van der Waals surface area contributed by atoms with Gasteiger partial charge >= 0.3 is 5.82 Å². The van der Waals surface area contributed by atoms with Gasteiger partial charge in [0.25, 0.3) is 0 Å². The number of ether oxygens (including phenoxy) is 1. The van der Waals surface area contributed by atoms with Crippen LogP contribution in [0.5, 0.6) is 0 Å². The summed E-state index contributed by atoms with van der Waals surface area (Å²) < 4.78 is 7.17. The molecule has 0 spiro atoms. The first-order valence-corrected chi connectivity index (χ1v) is 8.16. The van der Waals surface area contributed by atoms with Gasteiger partial charge in [0.2, 0.25) is 0 Å². The standard InChI is InChI=1S/C17H18ClN3O2/c1-16(2)12-8-9-17(3,23-16)14-13(12)21(22)15(20-19-14)10-4-6-11(18)7-5-10/h4-7,12H,8-9H2,1-3H3. The molecule has 1 aromatic heterocycles. The molecule has 3 heterocycles. The fourth-order valence-corrected chi connectivity index (χ4v) is 4.09. The van der Waals surface area contributed by atoms with Crippen LogP contribution in [0.2, 0.25) is 5.02 Å². The molecule has 2 atom stereocenters. The van der Waals surface area contributed by atoms with Crippen LogP contribution < -0.4 is 4.73 Å². The molecule has 2 aromatic rings. The van der Waals surface area contributed by atoms with Crippen LogP contribution in [0.4, 0.5) is 0 Å². The second-order valence-electron chi connectivity index (χ2n) is 7.09. The average Bonchev–Trinajstić information content (AvgIpc) is 2.48. The molecule has 1 aromatic carbocycles. The minimum Gasteiger partial charge on any atom is -0.710 e. The molecular formula is C17H18ClN3O2. The number of hydrogen-bond acceptors (Lipinski definition) is 4. The molecule has 23 heavy (non-hydrogen) atoms. The molecule has 1 fully saturated rings. The van der Waals surface area contributed by atoms with Crippen LogP contribution in [0.1, 0.15) is 50.9 Å². The van der Waals surface area contributed by atoms with Crippen molar-refractivity contribution in [3.8, 4) is 11.4 Å². The Morgan fingerprint density at radius 2 is 1.91 bits per heavy atom. The van der Waals surface area contributed by atoms with E-state index in [1.54, 1.807) is 24.3 Å². The number of rotatable bonds is 1. The summed E-state index contributed by atoms with van der Waals surface area (Å²) in [6.45, 7) is 6.08. The summed E-state index contributed by atoms with van der Waals surface area (Å²) in [5.41, 5.74) is 1.18. The predicted molar refractivity (Wildman–Crippen MR) is 85.9 cm³/mol. The fraction of sp³-hybridized carbons (Fsp3) is 0.471. The zero-order valence-corrected chi connectivity index (χ0v) is 14.1. The van der Waals surface area contributed by atoms with Crippen LogP contribution >= 0.6 is 11.6 Å². The van der Waals surface area contributed by atoms with Crippen molar-refractivity contribution in [2.75, 3.05) is 0 Å². The Bertz CT molecular complexity index is 791. The van der Waals surface area contributed by atoms with E-state index >= 15 is 0 Å². The third-order valence-electron chi connectivity index (χ3n) is 5.07. The highest BCUT2D eigenvalue weighted by Crippen LogP contribution is 2.54. The summed E-state index contributed by atoms with van der Waals surface area (Å²) in [6, 6.07) is 7.08. The number of benzene rings is 1. The number of nitrogens with zero attached hydrogens (tertiary/aromatic N) is 3. The smallest absolute Gasteiger partial charge is 0.361 e. The molecule has 1 saturated heterocycles. The van der Waals surface area contributed by atoms with E-state index in [0.717, 1.165) is 17.6 Å². The summed E-state index contributed by atoms with van der Waals surface area (Å²) >= 11 is 5.92. The highest BCUT2D eigenvalue weighted by Gasteiger charge is 2.56. The number of aromatic nitrogens is 3. The average molecular weight is 332 g/mol. The van der Waals surface area contributed by atoms with Crippen LogP contribution in [0, 0.1) is 5.21 Å². The Morgan fingerprint density at radius 3 is 2.57 bits per heavy atom. The largest absolute Gasteiger partial charge is 0.710 e. The lowest BCUT2D eigenvalue weighted by molar-refractivity contribution is -0.613. The van der Waals surface area contributed by atoms with Crippen molar-refractivity contribution < 1.29 is 9.47 Å². The molecule has 5 rings (SSSR count). The Labute approximate surface area is 139 Å². The van der Waals surface area contributed by atoms with Crippen molar-refractivity contribution in [1.29, 1.82) is 0 Å². The first-order valence-electron chi connectivity index (χ1n) is 7.78. The monoisotopic (exact) mass is 331 g/mol. The minimum absolute atomic E-state index is 0.0263. The first-order chi connectivity index (χ1) is 10.8. The van der Waals surface area contributed by atoms with Crippen molar-refractivity contribution in [3.63, 3.8) is 0 Å². The van der Waals surface area contributed by atoms with E-state index in [2.05, 4.69) is 10.2 Å². The first kappa shape index (κ1) is 14.8. The lowest BCUT2D eigenvalue weighted by Crippen LogP contribution is -2.58. The van der Waals surface area contributed by atoms with Gasteiger partial charge in [-0.3, -0.25) is 0 Å². The molecular weight excluding hydrogens is 314 g/mol. The molecule has 6 heteroatoms. The highest BCUT2D eigenvalue weighted by molar-refractivity contribution is 6.30. The molecule has 2 unspecified atom stereocenters. The maximum Gasteiger partial charge on any atom is 0.361 e. The molecule has 0 amide bonds. The number of fused-ring (bicyclic) bond motifs is 2. The van der Waals surface area contributed by atoms with E-state index in [1.165, 1.54) is 0 Å². The summed E-state index contributed by atoms with van der Waals surface area (Å²) in [4.78, 5) is 0. The van der Waals surface area contributed by atoms with Crippen LogP contribution in [0.15, 0.2) is 24.3 Å². The van der Waals surface area contributed by atoms with E-state index in [4.69, 9.17) is 16.3 Å². The van der Waals surface area contributed by atoms with Crippen LogP contribution in [-0.4, -0.2) is 15.8 Å². The van der Waals surface area contributed by atoms with E-state index in [0.29, 0.717) is 27.8 Å².